The Morgan fingerprint density at radius 1 is 0.385 bits per heavy atom. The van der Waals surface area contributed by atoms with E-state index in [0.717, 1.165) is 123 Å². The smallest absolute Gasteiger partial charge is 0.279 e. The Morgan fingerprint density at radius 3 is 1.41 bits per heavy atom. The summed E-state index contributed by atoms with van der Waals surface area (Å²) >= 11 is 0. The monoisotopic (exact) mass is 1980 g/mol. The molecule has 0 saturated heterocycles. The molecule has 7 aliphatic carbocycles. The van der Waals surface area contributed by atoms with Crippen LogP contribution in [0.1, 0.15) is 491 Å². The molecule has 143 heavy (non-hydrogen) atoms. The average molecular weight is 1980 g/mol. The molecule has 1 saturated carbocycles. The topological polar surface area (TPSA) is 192 Å². The maximum atomic E-state index is 15.3. The number of fused-ring (bicyclic) bond motifs is 12. The number of nitrogens with zero attached hydrogens (tertiary/aromatic N) is 20. The molecule has 1 aliphatic heterocycles. The lowest BCUT2D eigenvalue weighted by molar-refractivity contribution is -0.111. The summed E-state index contributed by atoms with van der Waals surface area (Å²) in [5.41, 5.74) is 19.7. The summed E-state index contributed by atoms with van der Waals surface area (Å²) in [5, 5.41) is 53.3. The van der Waals surface area contributed by atoms with E-state index in [2.05, 4.69) is 353 Å². The van der Waals surface area contributed by atoms with E-state index in [1.54, 1.807) is 4.68 Å². The van der Waals surface area contributed by atoms with Gasteiger partial charge in [0.15, 0.2) is 5.67 Å². The molecule has 9 aromatic rings. The van der Waals surface area contributed by atoms with Gasteiger partial charge in [-0.2, -0.15) is 10.2 Å². The minimum atomic E-state index is -2.81. The number of benzene rings is 2. The Hall–Kier alpha value is -7.85. The molecule has 17 rings (SSSR count). The number of hydrogen-bond acceptors (Lipinski definition) is 13. The molecule has 2 aromatic carbocycles. The molecule has 0 N–H and O–H groups in total. The molecule has 8 unspecified atom stereocenters. The highest BCUT2D eigenvalue weighted by atomic mass is 19.3. The van der Waals surface area contributed by atoms with Gasteiger partial charge in [-0.25, -0.2) is 36.6 Å². The molecule has 7 aromatic heterocycles. The fourth-order valence-corrected chi connectivity index (χ4v) is 23.7. The summed E-state index contributed by atoms with van der Waals surface area (Å²) in [5.74, 6) is 2.25. The van der Waals surface area contributed by atoms with Crippen molar-refractivity contribution in [2.24, 2.45) is 69.0 Å². The van der Waals surface area contributed by atoms with Crippen LogP contribution in [0.5, 0.6) is 0 Å². The van der Waals surface area contributed by atoms with Gasteiger partial charge in [0.1, 0.15) is 11.4 Å². The van der Waals surface area contributed by atoms with Gasteiger partial charge in [-0.05, 0) is 387 Å². The third-order valence-electron chi connectivity index (χ3n) is 31.8. The number of para-hydroxylation sites is 1. The van der Waals surface area contributed by atoms with Crippen molar-refractivity contribution in [3.8, 4) is 22.5 Å². The van der Waals surface area contributed by atoms with Crippen LogP contribution in [0.3, 0.4) is 0 Å². The molecule has 23 heteroatoms. The molecular weight excluding hydrogens is 1780 g/mol. The van der Waals surface area contributed by atoms with Crippen LogP contribution < -0.4 is 4.90 Å². The predicted octanol–water partition coefficient (Wildman–Crippen LogP) is 31.5. The van der Waals surface area contributed by atoms with Gasteiger partial charge in [-0.3, -0.25) is 9.36 Å². The number of rotatable bonds is 5. The van der Waals surface area contributed by atoms with Gasteiger partial charge in [-0.15, -0.1) is 25.5 Å². The van der Waals surface area contributed by atoms with E-state index in [1.807, 2.05) is 60.1 Å². The Balaban J connectivity index is 0.000000172. The minimum absolute atomic E-state index is 0. The minimum Gasteiger partial charge on any atom is -0.362 e. The molecule has 1 fully saturated rings. The Kier molecular flexibility index (Phi) is 37.7. The zero-order valence-corrected chi connectivity index (χ0v) is 96.4. The number of aryl methyl sites for hydroxylation is 2. The number of anilines is 1. The van der Waals surface area contributed by atoms with Crippen LogP contribution in [0.25, 0.3) is 22.5 Å². The van der Waals surface area contributed by atoms with Gasteiger partial charge < -0.3 is 4.90 Å². The van der Waals surface area contributed by atoms with Crippen molar-refractivity contribution >= 4 is 5.69 Å². The van der Waals surface area contributed by atoms with Crippen LogP contribution >= 0.6 is 0 Å². The Bertz CT molecular complexity index is 5500. The van der Waals surface area contributed by atoms with E-state index in [1.165, 1.54) is 177 Å². The van der Waals surface area contributed by atoms with Gasteiger partial charge in [0.05, 0.1) is 91.2 Å². The summed E-state index contributed by atoms with van der Waals surface area (Å²) in [6.45, 7) is 84.5. The van der Waals surface area contributed by atoms with Crippen molar-refractivity contribution < 1.29 is 13.2 Å². The van der Waals surface area contributed by atoms with Crippen molar-refractivity contribution in [2.75, 3.05) is 4.90 Å². The van der Waals surface area contributed by atoms with E-state index < -0.39 is 22.9 Å². The number of halogens is 3. The maximum Gasteiger partial charge on any atom is 0.279 e. The van der Waals surface area contributed by atoms with Crippen molar-refractivity contribution in [1.82, 2.24) is 94.5 Å². The van der Waals surface area contributed by atoms with E-state index >= 15 is 13.2 Å². The molecule has 0 amide bonds. The normalized spacial score (nSPS) is 21.9. The summed E-state index contributed by atoms with van der Waals surface area (Å²) < 4.78 is 60.0. The van der Waals surface area contributed by atoms with Crippen molar-refractivity contribution in [3.63, 3.8) is 0 Å². The van der Waals surface area contributed by atoms with E-state index in [-0.39, 0.29) is 58.2 Å². The van der Waals surface area contributed by atoms with Crippen LogP contribution in [0.15, 0.2) is 60.9 Å². The van der Waals surface area contributed by atoms with Crippen molar-refractivity contribution in [2.45, 2.75) is 526 Å². The third-order valence-corrected chi connectivity index (χ3v) is 31.8. The molecule has 8 atom stereocenters. The number of hydrogen-bond donors (Lipinski definition) is 0. The molecule has 0 spiro atoms. The first-order valence-corrected chi connectivity index (χ1v) is 55.6. The lowest BCUT2D eigenvalue weighted by Crippen LogP contribution is -2.41. The molecule has 8 aliphatic rings. The fraction of sp³-hybridized carbons (Fsp3) is 0.767. The van der Waals surface area contributed by atoms with E-state index in [4.69, 9.17) is 0 Å². The van der Waals surface area contributed by atoms with Crippen LogP contribution in [0.2, 0.25) is 0 Å². The average Bonchev–Trinajstić information content (AvgIpc) is 1.64. The molecule has 0 bridgehead atoms. The van der Waals surface area contributed by atoms with Crippen molar-refractivity contribution in [1.29, 1.82) is 0 Å². The second kappa shape index (κ2) is 46.1. The lowest BCUT2D eigenvalue weighted by Gasteiger charge is -2.40. The van der Waals surface area contributed by atoms with Gasteiger partial charge in [0, 0.05) is 64.2 Å². The SMILES string of the molecule is C.CC(C)(C)C1CCCCc2c(cnn2C(C)(C)C)C1.CC(C)(C)C1CCCCc2c(cnn2C(C)(C)C)C1(F)F.CC(C)(C)C1CCCc2c(nnn2C(C)(C)C)CC1.CC(C)(C)CC1C2CCc3nnn(C(C)(C)C)c3CCC21.CC(C)(C)N1Cc2ccccc2-c2nnn(C(C)(C)C)c2-c2ccccc21.CC(C)C1CCCCCc2c1nnn2C(C)C.CC(C)n1nnc2c1CCCCCC2(F)C(C)C. The van der Waals surface area contributed by atoms with Crippen LogP contribution in [-0.2, 0) is 104 Å². The maximum absolute atomic E-state index is 15.3. The van der Waals surface area contributed by atoms with Crippen LogP contribution in [0.4, 0.5) is 18.9 Å². The van der Waals surface area contributed by atoms with E-state index in [0.29, 0.717) is 59.1 Å². The highest BCUT2D eigenvalue weighted by Gasteiger charge is 2.53. The number of aromatic nitrogens is 19. The molecule has 20 nitrogen and oxygen atoms in total. The number of alkyl halides is 3. The fourth-order valence-electron chi connectivity index (χ4n) is 23.7. The summed E-state index contributed by atoms with van der Waals surface area (Å²) in [7, 11) is 0. The van der Waals surface area contributed by atoms with Crippen molar-refractivity contribution in [3.05, 3.63) is 135 Å². The summed E-state index contributed by atoms with van der Waals surface area (Å²) in [6.07, 6.45) is 36.5. The summed E-state index contributed by atoms with van der Waals surface area (Å²) in [4.78, 5) is 2.49. The first-order valence-electron chi connectivity index (χ1n) is 55.6. The highest BCUT2D eigenvalue weighted by molar-refractivity contribution is 5.88. The first-order chi connectivity index (χ1) is 65.8. The second-order valence-corrected chi connectivity index (χ2v) is 55.3. The molecule has 800 valence electrons. The quantitative estimate of drug-likeness (QED) is 0.158. The van der Waals surface area contributed by atoms with E-state index in [9.17, 15) is 0 Å². The van der Waals surface area contributed by atoms with Crippen LogP contribution in [0, 0.1) is 69.0 Å². The standard InChI is InChI=1S/C23H28N4.C18H31N3.C17H28F2N2.C17H30N2.C16H29N3.C14H24FN3.C14H25N3.CH4/c1-22(2,3)26-15-16-11-7-8-12-17(16)20-21(18-13-9-10-14-19(18)26)27(25-24-20)23(4,5)6;1-17(2,3)11-14-12-7-9-15-16(10-8-13(12)14)21(20-19-15)18(4,5)6;1-15(2,3)14-10-8-7-9-13-12(17(14,18)19)11-20-21(13)16(4,5)6;1-16(2,3)14-9-7-8-10-15-13(11-14)12-18-19(15)17(4,5)6;1-15(2,3)12-8-7-9-14-13(11-10-12)17-18-19(14)16(4,5)6;1-10(2)14(15)9-7-5-6-8-12-13(14)16-17-18(12)11(3)4;1-10(2)12-8-6-5-7-9-13-14(12)15-16-17(13)11(3)4;/h7-14H,15H2,1-6H3;12-14H,7-11H2,1-6H3;11,14H,7-10H2,1-6H3;12,14H,7-11H2,1-6H3;12H,7-11H2,1-6H3;10-11H,5-9H2,1-4H3;10-12H,5-9H2,1-4H3;1H4. The van der Waals surface area contributed by atoms with Gasteiger partial charge >= 0.3 is 0 Å². The molecule has 0 radical (unpaired) electrons. The highest BCUT2D eigenvalue weighted by Crippen LogP contribution is 2.58. The van der Waals surface area contributed by atoms with Crippen LogP contribution in [-0.4, -0.2) is 100 Å². The Labute approximate surface area is 865 Å². The molecule has 8 heterocycles. The molecular formula is C120H199F3N20. The first kappa shape index (κ1) is 117. The van der Waals surface area contributed by atoms with Gasteiger partial charge in [0.2, 0.25) is 0 Å². The van der Waals surface area contributed by atoms with Gasteiger partial charge in [-0.1, -0.05) is 219 Å². The Morgan fingerprint density at radius 2 is 0.853 bits per heavy atom. The lowest BCUT2D eigenvalue weighted by atomic mass is 9.71. The largest absolute Gasteiger partial charge is 0.362 e. The third kappa shape index (κ3) is 28.6. The van der Waals surface area contributed by atoms with Gasteiger partial charge in [0.25, 0.3) is 5.92 Å². The second-order valence-electron chi connectivity index (χ2n) is 55.3. The summed E-state index contributed by atoms with van der Waals surface area (Å²) in [6, 6.07) is 17.9. The predicted molar refractivity (Wildman–Crippen MR) is 587 cm³/mol. The zero-order valence-electron chi connectivity index (χ0n) is 96.4. The zero-order chi connectivity index (χ0) is 105.